The zero-order valence-corrected chi connectivity index (χ0v) is 15.8. The Kier molecular flexibility index (Phi) is 4.52. The van der Waals surface area contributed by atoms with Crippen molar-refractivity contribution in [1.29, 1.82) is 0 Å². The Hall–Kier alpha value is -2.08. The van der Waals surface area contributed by atoms with E-state index in [1.165, 1.54) is 12.8 Å². The van der Waals surface area contributed by atoms with E-state index in [9.17, 15) is 4.79 Å². The van der Waals surface area contributed by atoms with Crippen LogP contribution in [0.15, 0.2) is 28.7 Å². The van der Waals surface area contributed by atoms with Crippen LogP contribution in [-0.4, -0.2) is 59.1 Å². The van der Waals surface area contributed by atoms with Crippen LogP contribution in [0.4, 0.5) is 4.79 Å². The van der Waals surface area contributed by atoms with Gasteiger partial charge in [-0.1, -0.05) is 12.1 Å². The molecule has 1 aromatic carbocycles. The largest absolute Gasteiger partial charge is 0.440 e. The highest BCUT2D eigenvalue weighted by atomic mass is 16.3. The monoisotopic (exact) mass is 368 g/mol. The lowest BCUT2D eigenvalue weighted by molar-refractivity contribution is 0.157. The molecule has 0 atom stereocenters. The van der Waals surface area contributed by atoms with E-state index < -0.39 is 0 Å². The first-order valence-corrected chi connectivity index (χ1v) is 10.4. The molecule has 27 heavy (non-hydrogen) atoms. The van der Waals surface area contributed by atoms with E-state index in [-0.39, 0.29) is 6.03 Å². The summed E-state index contributed by atoms with van der Waals surface area (Å²) in [5, 5.41) is 3.27. The van der Waals surface area contributed by atoms with Crippen LogP contribution in [0.2, 0.25) is 0 Å². The first-order chi connectivity index (χ1) is 13.3. The summed E-state index contributed by atoms with van der Waals surface area (Å²) in [5.74, 6) is 1.13. The summed E-state index contributed by atoms with van der Waals surface area (Å²) in [7, 11) is 0. The van der Waals surface area contributed by atoms with Crippen molar-refractivity contribution in [3.05, 3.63) is 30.2 Å². The smallest absolute Gasteiger partial charge is 0.317 e. The molecule has 0 radical (unpaired) electrons. The predicted octanol–water partition coefficient (Wildman–Crippen LogP) is 3.34. The molecule has 1 saturated carbocycles. The highest BCUT2D eigenvalue weighted by Gasteiger charge is 2.33. The van der Waals surface area contributed by atoms with Crippen molar-refractivity contribution in [2.45, 2.75) is 56.5 Å². The van der Waals surface area contributed by atoms with E-state index in [1.807, 2.05) is 29.2 Å². The quantitative estimate of drug-likeness (QED) is 0.903. The molecule has 1 N–H and O–H groups in total. The fourth-order valence-corrected chi connectivity index (χ4v) is 4.51. The molecule has 2 aliphatic heterocycles. The molecule has 1 aromatic heterocycles. The topological polar surface area (TPSA) is 61.6 Å². The number of likely N-dealkylation sites (tertiary alicyclic amines) is 2. The minimum atomic E-state index is 0.107. The number of nitrogens with one attached hydrogen (secondary N) is 1. The molecule has 2 saturated heterocycles. The molecule has 2 aromatic rings. The molecule has 3 heterocycles. The third-order valence-electron chi connectivity index (χ3n) is 6.36. The van der Waals surface area contributed by atoms with Gasteiger partial charge in [-0.25, -0.2) is 9.78 Å². The Bertz CT molecular complexity index is 766. The summed E-state index contributed by atoms with van der Waals surface area (Å²) in [6.45, 7) is 3.82. The fourth-order valence-electron chi connectivity index (χ4n) is 4.51. The fraction of sp³-hybridized carbons (Fsp3) is 0.619. The molecule has 144 valence electrons. The summed E-state index contributed by atoms with van der Waals surface area (Å²) >= 11 is 0. The van der Waals surface area contributed by atoms with Crippen LogP contribution < -0.4 is 5.32 Å². The van der Waals surface area contributed by atoms with Crippen molar-refractivity contribution in [3.8, 4) is 0 Å². The van der Waals surface area contributed by atoms with Gasteiger partial charge >= 0.3 is 6.03 Å². The number of aromatic nitrogens is 1. The van der Waals surface area contributed by atoms with Crippen molar-refractivity contribution in [2.24, 2.45) is 0 Å². The zero-order valence-electron chi connectivity index (χ0n) is 15.8. The second-order valence-electron chi connectivity index (χ2n) is 8.27. The number of carbonyl (C=O) groups is 1. The molecule has 5 rings (SSSR count). The van der Waals surface area contributed by atoms with E-state index >= 15 is 0 Å². The molecular weight excluding hydrogens is 340 g/mol. The maximum atomic E-state index is 12.6. The van der Waals surface area contributed by atoms with Crippen LogP contribution in [0.3, 0.4) is 0 Å². The number of amides is 2. The van der Waals surface area contributed by atoms with Gasteiger partial charge in [0.1, 0.15) is 5.52 Å². The number of piperidine rings is 2. The van der Waals surface area contributed by atoms with Gasteiger partial charge in [0.15, 0.2) is 11.5 Å². The minimum absolute atomic E-state index is 0.107. The molecule has 2 amide bonds. The summed E-state index contributed by atoms with van der Waals surface area (Å²) in [6, 6.07) is 9.18. The summed E-state index contributed by atoms with van der Waals surface area (Å²) in [6.07, 6.45) is 6.74. The summed E-state index contributed by atoms with van der Waals surface area (Å²) in [4.78, 5) is 21.8. The van der Waals surface area contributed by atoms with E-state index in [2.05, 4.69) is 15.2 Å². The first kappa shape index (κ1) is 17.0. The average molecular weight is 368 g/mol. The van der Waals surface area contributed by atoms with E-state index in [0.29, 0.717) is 12.0 Å². The van der Waals surface area contributed by atoms with Gasteiger partial charge < -0.3 is 19.5 Å². The molecule has 6 nitrogen and oxygen atoms in total. The Morgan fingerprint density at radius 3 is 2.44 bits per heavy atom. The van der Waals surface area contributed by atoms with Gasteiger partial charge in [-0.05, 0) is 50.7 Å². The third kappa shape index (κ3) is 3.68. The van der Waals surface area contributed by atoms with Gasteiger partial charge in [0.05, 0.1) is 0 Å². The number of rotatable bonds is 3. The lowest BCUT2D eigenvalue weighted by Crippen LogP contribution is -2.51. The standard InChI is InChI=1S/C21H28N4O2/c26-21(22-16-9-13-24(14-10-16)17-5-6-17)25-11-7-15(8-12-25)20-23-18-3-1-2-4-19(18)27-20/h1-4,15-17H,5-14H2,(H,22,26). The van der Waals surface area contributed by atoms with Gasteiger partial charge in [-0.15, -0.1) is 0 Å². The number of oxazole rings is 1. The molecular formula is C21H28N4O2. The van der Waals surface area contributed by atoms with Crippen LogP contribution in [-0.2, 0) is 0 Å². The van der Waals surface area contributed by atoms with Gasteiger partial charge in [0.2, 0.25) is 0 Å². The van der Waals surface area contributed by atoms with Crippen molar-refractivity contribution in [2.75, 3.05) is 26.2 Å². The van der Waals surface area contributed by atoms with E-state index in [0.717, 1.165) is 74.9 Å². The van der Waals surface area contributed by atoms with Gasteiger partial charge in [0, 0.05) is 44.2 Å². The molecule has 1 aliphatic carbocycles. The maximum absolute atomic E-state index is 12.6. The number of nitrogens with zero attached hydrogens (tertiary/aromatic N) is 3. The predicted molar refractivity (Wildman–Crippen MR) is 104 cm³/mol. The maximum Gasteiger partial charge on any atom is 0.317 e. The Labute approximate surface area is 159 Å². The van der Waals surface area contributed by atoms with Crippen molar-refractivity contribution in [3.63, 3.8) is 0 Å². The molecule has 0 bridgehead atoms. The number of carbonyl (C=O) groups excluding carboxylic acids is 1. The van der Waals surface area contributed by atoms with Crippen molar-refractivity contribution in [1.82, 2.24) is 20.1 Å². The number of hydrogen-bond donors (Lipinski definition) is 1. The van der Waals surface area contributed by atoms with Gasteiger partial charge in [0.25, 0.3) is 0 Å². The number of fused-ring (bicyclic) bond motifs is 1. The number of para-hydroxylation sites is 2. The molecule has 6 heteroatoms. The second-order valence-corrected chi connectivity index (χ2v) is 8.27. The second kappa shape index (κ2) is 7.15. The van der Waals surface area contributed by atoms with Crippen molar-refractivity contribution < 1.29 is 9.21 Å². The zero-order chi connectivity index (χ0) is 18.2. The number of urea groups is 1. The van der Waals surface area contributed by atoms with E-state index in [4.69, 9.17) is 4.42 Å². The summed E-state index contributed by atoms with van der Waals surface area (Å²) < 4.78 is 5.92. The van der Waals surface area contributed by atoms with Crippen molar-refractivity contribution >= 4 is 17.1 Å². The third-order valence-corrected chi connectivity index (χ3v) is 6.36. The Balaban J connectivity index is 1.11. The Morgan fingerprint density at radius 2 is 1.74 bits per heavy atom. The molecule has 3 aliphatic rings. The van der Waals surface area contributed by atoms with Gasteiger partial charge in [-0.3, -0.25) is 0 Å². The Morgan fingerprint density at radius 1 is 1.00 bits per heavy atom. The number of benzene rings is 1. The highest BCUT2D eigenvalue weighted by molar-refractivity contribution is 5.75. The first-order valence-electron chi connectivity index (χ1n) is 10.4. The normalized spacial score (nSPS) is 23.0. The van der Waals surface area contributed by atoms with Crippen LogP contribution in [0.5, 0.6) is 0 Å². The molecule has 3 fully saturated rings. The van der Waals surface area contributed by atoms with E-state index in [1.54, 1.807) is 0 Å². The van der Waals surface area contributed by atoms with Crippen LogP contribution in [0, 0.1) is 0 Å². The van der Waals surface area contributed by atoms with Crippen LogP contribution in [0.25, 0.3) is 11.1 Å². The van der Waals surface area contributed by atoms with Crippen LogP contribution in [0.1, 0.15) is 50.3 Å². The SMILES string of the molecule is O=C(NC1CCN(C2CC2)CC1)N1CCC(c2nc3ccccc3o2)CC1. The summed E-state index contributed by atoms with van der Waals surface area (Å²) in [5.41, 5.74) is 1.77. The molecule has 0 spiro atoms. The highest BCUT2D eigenvalue weighted by Crippen LogP contribution is 2.31. The number of hydrogen-bond acceptors (Lipinski definition) is 4. The van der Waals surface area contributed by atoms with Crippen LogP contribution >= 0.6 is 0 Å². The average Bonchev–Trinajstić information content (AvgIpc) is 3.47. The molecule has 0 unspecified atom stereocenters. The minimum Gasteiger partial charge on any atom is -0.440 e. The lowest BCUT2D eigenvalue weighted by Gasteiger charge is -2.35. The van der Waals surface area contributed by atoms with Gasteiger partial charge in [-0.2, -0.15) is 0 Å². The lowest BCUT2D eigenvalue weighted by atomic mass is 9.97.